The van der Waals surface area contributed by atoms with Crippen LogP contribution < -0.4 is 5.32 Å². The molecule has 2 heterocycles. The fraction of sp³-hybridized carbons (Fsp3) is 0.714. The monoisotopic (exact) mass is 248 g/mol. The van der Waals surface area contributed by atoms with Gasteiger partial charge in [0.1, 0.15) is 0 Å². The second-order valence-corrected chi connectivity index (χ2v) is 5.66. The summed E-state index contributed by atoms with van der Waals surface area (Å²) in [6.07, 6.45) is 7.84. The summed E-state index contributed by atoms with van der Waals surface area (Å²) in [5.74, 6) is 0.442. The second-order valence-electron chi connectivity index (χ2n) is 5.66. The topological polar surface area (TPSA) is 49.4 Å². The predicted octanol–water partition coefficient (Wildman–Crippen LogP) is 0.937. The van der Waals surface area contributed by atoms with Crippen LogP contribution in [0.4, 0.5) is 0 Å². The molecule has 1 aliphatic carbocycles. The van der Waals surface area contributed by atoms with Crippen LogP contribution in [0.25, 0.3) is 0 Å². The third-order valence-electron chi connectivity index (χ3n) is 4.44. The van der Waals surface area contributed by atoms with Crippen molar-refractivity contribution in [2.75, 3.05) is 19.6 Å². The Morgan fingerprint density at radius 2 is 1.83 bits per heavy atom. The molecule has 0 aromatic heterocycles. The SMILES string of the molecule is O=C1C2CC=CCC2C(=O)N1CC1CCCNC1. The molecule has 3 unspecified atom stereocenters. The quantitative estimate of drug-likeness (QED) is 0.584. The van der Waals surface area contributed by atoms with Crippen molar-refractivity contribution in [3.63, 3.8) is 0 Å². The number of nitrogens with one attached hydrogen (secondary N) is 1. The molecule has 98 valence electrons. The van der Waals surface area contributed by atoms with E-state index in [-0.39, 0.29) is 23.7 Å². The summed E-state index contributed by atoms with van der Waals surface area (Å²) in [4.78, 5) is 26.1. The van der Waals surface area contributed by atoms with E-state index in [1.165, 1.54) is 0 Å². The number of rotatable bonds is 2. The minimum Gasteiger partial charge on any atom is -0.316 e. The average molecular weight is 248 g/mol. The number of fused-ring (bicyclic) bond motifs is 1. The van der Waals surface area contributed by atoms with Crippen LogP contribution in [-0.2, 0) is 9.59 Å². The van der Waals surface area contributed by atoms with E-state index >= 15 is 0 Å². The molecular weight excluding hydrogens is 228 g/mol. The summed E-state index contributed by atoms with van der Waals surface area (Å²) in [5, 5.41) is 3.34. The Bertz CT molecular complexity index is 359. The number of carbonyl (C=O) groups excluding carboxylic acids is 2. The minimum absolute atomic E-state index is 0.0694. The van der Waals surface area contributed by atoms with Gasteiger partial charge in [-0.25, -0.2) is 0 Å². The highest BCUT2D eigenvalue weighted by Crippen LogP contribution is 2.35. The van der Waals surface area contributed by atoms with E-state index in [0.717, 1.165) is 38.8 Å². The molecule has 4 nitrogen and oxygen atoms in total. The Balaban J connectivity index is 1.69. The largest absolute Gasteiger partial charge is 0.316 e. The third-order valence-corrected chi connectivity index (χ3v) is 4.44. The van der Waals surface area contributed by atoms with Crippen molar-refractivity contribution in [3.8, 4) is 0 Å². The summed E-state index contributed by atoms with van der Waals surface area (Å²) in [6.45, 7) is 2.62. The highest BCUT2D eigenvalue weighted by molar-refractivity contribution is 6.05. The molecule has 0 aromatic rings. The summed E-state index contributed by atoms with van der Waals surface area (Å²) in [5.41, 5.74) is 0. The fourth-order valence-corrected chi connectivity index (χ4v) is 3.39. The normalized spacial score (nSPS) is 36.0. The van der Waals surface area contributed by atoms with Gasteiger partial charge >= 0.3 is 0 Å². The number of imide groups is 1. The number of piperidine rings is 1. The first-order valence-electron chi connectivity index (χ1n) is 6.98. The van der Waals surface area contributed by atoms with Crippen LogP contribution in [0, 0.1) is 17.8 Å². The number of likely N-dealkylation sites (tertiary alicyclic amines) is 1. The van der Waals surface area contributed by atoms with Crippen LogP contribution in [-0.4, -0.2) is 36.3 Å². The van der Waals surface area contributed by atoms with Gasteiger partial charge in [0.05, 0.1) is 11.8 Å². The third kappa shape index (κ3) is 1.99. The number of hydrogen-bond acceptors (Lipinski definition) is 3. The number of allylic oxidation sites excluding steroid dienone is 2. The van der Waals surface area contributed by atoms with Crippen molar-refractivity contribution in [3.05, 3.63) is 12.2 Å². The lowest BCUT2D eigenvalue weighted by Crippen LogP contribution is -2.41. The van der Waals surface area contributed by atoms with Crippen molar-refractivity contribution in [1.82, 2.24) is 10.2 Å². The molecule has 3 atom stereocenters. The molecule has 1 N–H and O–H groups in total. The zero-order chi connectivity index (χ0) is 12.5. The summed E-state index contributed by atoms with van der Waals surface area (Å²) >= 11 is 0. The predicted molar refractivity (Wildman–Crippen MR) is 67.7 cm³/mol. The Hall–Kier alpha value is -1.16. The van der Waals surface area contributed by atoms with Gasteiger partial charge in [0.2, 0.25) is 11.8 Å². The fourth-order valence-electron chi connectivity index (χ4n) is 3.39. The zero-order valence-electron chi connectivity index (χ0n) is 10.6. The van der Waals surface area contributed by atoms with Crippen LogP contribution in [0.5, 0.6) is 0 Å². The standard InChI is InChI=1S/C14H20N2O2/c17-13-11-5-1-2-6-12(11)14(18)16(13)9-10-4-3-7-15-8-10/h1-2,10-12,15H,3-9H2. The lowest BCUT2D eigenvalue weighted by Gasteiger charge is -2.26. The number of amides is 2. The molecule has 0 radical (unpaired) electrons. The molecule has 3 aliphatic rings. The molecule has 2 amide bonds. The van der Waals surface area contributed by atoms with Gasteiger partial charge < -0.3 is 5.32 Å². The summed E-state index contributed by atoms with van der Waals surface area (Å²) in [7, 11) is 0. The first kappa shape index (κ1) is 11.9. The Morgan fingerprint density at radius 3 is 2.39 bits per heavy atom. The highest BCUT2D eigenvalue weighted by atomic mass is 16.2. The molecular formula is C14H20N2O2. The number of hydrogen-bond donors (Lipinski definition) is 1. The van der Waals surface area contributed by atoms with E-state index in [9.17, 15) is 9.59 Å². The molecule has 0 saturated carbocycles. The van der Waals surface area contributed by atoms with E-state index in [2.05, 4.69) is 5.32 Å². The van der Waals surface area contributed by atoms with E-state index in [1.54, 1.807) is 4.90 Å². The van der Waals surface area contributed by atoms with Crippen molar-refractivity contribution < 1.29 is 9.59 Å². The van der Waals surface area contributed by atoms with E-state index in [0.29, 0.717) is 12.5 Å². The van der Waals surface area contributed by atoms with Crippen molar-refractivity contribution in [2.45, 2.75) is 25.7 Å². The Kier molecular flexibility index (Phi) is 3.20. The van der Waals surface area contributed by atoms with Gasteiger partial charge in [0.25, 0.3) is 0 Å². The molecule has 0 bridgehead atoms. The maximum absolute atomic E-state index is 12.3. The molecule has 18 heavy (non-hydrogen) atoms. The van der Waals surface area contributed by atoms with Crippen LogP contribution in [0.3, 0.4) is 0 Å². The molecule has 3 rings (SSSR count). The maximum atomic E-state index is 12.3. The van der Waals surface area contributed by atoms with Crippen molar-refractivity contribution >= 4 is 11.8 Å². The van der Waals surface area contributed by atoms with E-state index < -0.39 is 0 Å². The van der Waals surface area contributed by atoms with Gasteiger partial charge in [-0.15, -0.1) is 0 Å². The van der Waals surface area contributed by atoms with Gasteiger partial charge in [-0.3, -0.25) is 14.5 Å². The molecule has 2 aliphatic heterocycles. The van der Waals surface area contributed by atoms with Crippen LogP contribution >= 0.6 is 0 Å². The molecule has 2 fully saturated rings. The van der Waals surface area contributed by atoms with Gasteiger partial charge in [-0.05, 0) is 44.7 Å². The van der Waals surface area contributed by atoms with E-state index in [4.69, 9.17) is 0 Å². The molecule has 0 spiro atoms. The number of nitrogens with zero attached hydrogens (tertiary/aromatic N) is 1. The Labute approximate surface area is 107 Å². The maximum Gasteiger partial charge on any atom is 0.233 e. The molecule has 4 heteroatoms. The van der Waals surface area contributed by atoms with Gasteiger partial charge in [-0.1, -0.05) is 12.2 Å². The summed E-state index contributed by atoms with van der Waals surface area (Å²) in [6, 6.07) is 0. The van der Waals surface area contributed by atoms with Crippen LogP contribution in [0.2, 0.25) is 0 Å². The first-order valence-corrected chi connectivity index (χ1v) is 6.98. The highest BCUT2D eigenvalue weighted by Gasteiger charge is 2.47. The first-order chi connectivity index (χ1) is 8.77. The van der Waals surface area contributed by atoms with Crippen molar-refractivity contribution in [2.24, 2.45) is 17.8 Å². The lowest BCUT2D eigenvalue weighted by molar-refractivity contribution is -0.140. The Morgan fingerprint density at radius 1 is 1.17 bits per heavy atom. The average Bonchev–Trinajstić information content (AvgIpc) is 2.66. The van der Waals surface area contributed by atoms with Crippen LogP contribution in [0.1, 0.15) is 25.7 Å². The molecule has 2 saturated heterocycles. The summed E-state index contributed by atoms with van der Waals surface area (Å²) < 4.78 is 0. The van der Waals surface area contributed by atoms with E-state index in [1.807, 2.05) is 12.2 Å². The van der Waals surface area contributed by atoms with Crippen molar-refractivity contribution in [1.29, 1.82) is 0 Å². The smallest absolute Gasteiger partial charge is 0.233 e. The van der Waals surface area contributed by atoms with Gasteiger partial charge in [0, 0.05) is 6.54 Å². The molecule has 0 aromatic carbocycles. The zero-order valence-corrected chi connectivity index (χ0v) is 10.6. The minimum atomic E-state index is -0.0703. The van der Waals surface area contributed by atoms with Crippen LogP contribution in [0.15, 0.2) is 12.2 Å². The van der Waals surface area contributed by atoms with Gasteiger partial charge in [0.15, 0.2) is 0 Å². The lowest BCUT2D eigenvalue weighted by atomic mass is 9.85. The van der Waals surface area contributed by atoms with Gasteiger partial charge in [-0.2, -0.15) is 0 Å². The second kappa shape index (κ2) is 4.84. The number of carbonyl (C=O) groups is 2.